The lowest BCUT2D eigenvalue weighted by atomic mass is 10.1. The van der Waals surface area contributed by atoms with Crippen LogP contribution in [0.3, 0.4) is 0 Å². The Morgan fingerprint density at radius 1 is 0.886 bits per heavy atom. The maximum Gasteiger partial charge on any atom is 0.261 e. The number of thiophene rings is 1. The van der Waals surface area contributed by atoms with Gasteiger partial charge in [0, 0.05) is 44.0 Å². The van der Waals surface area contributed by atoms with Gasteiger partial charge in [-0.2, -0.15) is 0 Å². The molecule has 0 aliphatic carbocycles. The quantitative estimate of drug-likeness (QED) is 0.529. The molecular weight excluding hydrogens is 460 g/mol. The number of aryl methyl sites for hydroxylation is 2. The Hall–Kier alpha value is -3.49. The third-order valence-electron chi connectivity index (χ3n) is 6.17. The number of piperazine rings is 1. The molecule has 1 aromatic heterocycles. The van der Waals surface area contributed by atoms with E-state index in [0.29, 0.717) is 49.7 Å². The number of anilines is 1. The second kappa shape index (κ2) is 11.3. The summed E-state index contributed by atoms with van der Waals surface area (Å²) in [6.45, 7) is 7.15. The average Bonchev–Trinajstić information content (AvgIpc) is 3.41. The van der Waals surface area contributed by atoms with Crippen molar-refractivity contribution in [2.24, 2.45) is 0 Å². The van der Waals surface area contributed by atoms with E-state index in [0.717, 1.165) is 22.4 Å². The minimum absolute atomic E-state index is 0.0150. The summed E-state index contributed by atoms with van der Waals surface area (Å²) in [6.07, 6.45) is 0. The summed E-state index contributed by atoms with van der Waals surface area (Å²) in [7, 11) is 0. The van der Waals surface area contributed by atoms with Gasteiger partial charge in [0.15, 0.2) is 0 Å². The van der Waals surface area contributed by atoms with Crippen molar-refractivity contribution >= 4 is 34.7 Å². The van der Waals surface area contributed by atoms with Gasteiger partial charge in [0.05, 0.1) is 11.4 Å². The lowest BCUT2D eigenvalue weighted by molar-refractivity contribution is -0.117. The first-order chi connectivity index (χ1) is 16.9. The monoisotopic (exact) mass is 490 g/mol. The van der Waals surface area contributed by atoms with Crippen LogP contribution in [0.4, 0.5) is 5.69 Å². The summed E-state index contributed by atoms with van der Waals surface area (Å²) in [4.78, 5) is 42.2. The number of carbonyl (C=O) groups is 3. The van der Waals surface area contributed by atoms with Gasteiger partial charge in [-0.1, -0.05) is 36.4 Å². The normalized spacial score (nSPS) is 13.9. The van der Waals surface area contributed by atoms with Crippen LogP contribution < -0.4 is 10.6 Å². The molecule has 1 fully saturated rings. The van der Waals surface area contributed by atoms with Gasteiger partial charge in [-0.05, 0) is 54.1 Å². The number of benzene rings is 2. The van der Waals surface area contributed by atoms with Crippen molar-refractivity contribution in [1.29, 1.82) is 0 Å². The molecule has 3 aromatic rings. The van der Waals surface area contributed by atoms with Crippen molar-refractivity contribution in [3.63, 3.8) is 0 Å². The SMILES string of the molecule is Cc1cccc(C)c1NC(=O)CN1CCN(C(=O)c2ccc(CNC(=O)c3cccs3)cc2)CC1. The van der Waals surface area contributed by atoms with Crippen LogP contribution in [0.25, 0.3) is 0 Å². The molecule has 0 unspecified atom stereocenters. The van der Waals surface area contributed by atoms with Crippen molar-refractivity contribution in [1.82, 2.24) is 15.1 Å². The van der Waals surface area contributed by atoms with Gasteiger partial charge >= 0.3 is 0 Å². The molecule has 0 spiro atoms. The second-order valence-corrected chi connectivity index (χ2v) is 9.69. The zero-order valence-corrected chi connectivity index (χ0v) is 20.9. The van der Waals surface area contributed by atoms with Crippen molar-refractivity contribution in [2.45, 2.75) is 20.4 Å². The molecule has 4 rings (SSSR count). The number of rotatable bonds is 7. The van der Waals surface area contributed by atoms with E-state index in [2.05, 4.69) is 15.5 Å². The molecule has 1 saturated heterocycles. The van der Waals surface area contributed by atoms with Gasteiger partial charge < -0.3 is 15.5 Å². The number of hydrogen-bond acceptors (Lipinski definition) is 5. The highest BCUT2D eigenvalue weighted by Gasteiger charge is 2.23. The van der Waals surface area contributed by atoms with E-state index in [-0.39, 0.29) is 17.7 Å². The predicted molar refractivity (Wildman–Crippen MR) is 139 cm³/mol. The van der Waals surface area contributed by atoms with Crippen LogP contribution >= 0.6 is 11.3 Å². The van der Waals surface area contributed by atoms with Crippen LogP contribution in [0.2, 0.25) is 0 Å². The standard InChI is InChI=1S/C27H30N4O3S/c1-19-5-3-6-20(2)25(19)29-24(32)18-30-12-14-31(15-13-30)27(34)22-10-8-21(9-11-22)17-28-26(33)23-7-4-16-35-23/h3-11,16H,12-15,17-18H2,1-2H3,(H,28,33)(H,29,32). The lowest BCUT2D eigenvalue weighted by Crippen LogP contribution is -2.50. The molecule has 2 N–H and O–H groups in total. The van der Waals surface area contributed by atoms with E-state index in [1.807, 2.05) is 60.5 Å². The van der Waals surface area contributed by atoms with Gasteiger partial charge in [0.2, 0.25) is 5.91 Å². The smallest absolute Gasteiger partial charge is 0.261 e. The molecule has 182 valence electrons. The molecule has 0 bridgehead atoms. The number of nitrogens with zero attached hydrogens (tertiary/aromatic N) is 2. The van der Waals surface area contributed by atoms with Crippen molar-refractivity contribution < 1.29 is 14.4 Å². The Morgan fingerprint density at radius 2 is 1.57 bits per heavy atom. The molecule has 8 heteroatoms. The Labute approximate surface area is 209 Å². The largest absolute Gasteiger partial charge is 0.347 e. The Kier molecular flexibility index (Phi) is 7.94. The molecule has 1 aliphatic heterocycles. The molecule has 2 heterocycles. The maximum absolute atomic E-state index is 12.9. The zero-order valence-electron chi connectivity index (χ0n) is 20.0. The first-order valence-electron chi connectivity index (χ1n) is 11.7. The van der Waals surface area contributed by atoms with Crippen LogP contribution in [-0.2, 0) is 11.3 Å². The fourth-order valence-electron chi connectivity index (χ4n) is 4.13. The number of nitrogens with one attached hydrogen (secondary N) is 2. The molecule has 7 nitrogen and oxygen atoms in total. The molecule has 3 amide bonds. The third-order valence-corrected chi connectivity index (χ3v) is 7.04. The van der Waals surface area contributed by atoms with E-state index in [4.69, 9.17) is 0 Å². The number of hydrogen-bond donors (Lipinski definition) is 2. The second-order valence-electron chi connectivity index (χ2n) is 8.74. The fourth-order valence-corrected chi connectivity index (χ4v) is 4.77. The van der Waals surface area contributed by atoms with Crippen LogP contribution in [0.5, 0.6) is 0 Å². The van der Waals surface area contributed by atoms with Crippen LogP contribution in [0, 0.1) is 13.8 Å². The van der Waals surface area contributed by atoms with Gasteiger partial charge in [0.1, 0.15) is 0 Å². The molecule has 1 aliphatic rings. The third kappa shape index (κ3) is 6.35. The van der Waals surface area contributed by atoms with Crippen molar-refractivity contribution in [2.75, 3.05) is 38.0 Å². The Balaban J connectivity index is 1.23. The summed E-state index contributed by atoms with van der Waals surface area (Å²) >= 11 is 1.40. The zero-order chi connectivity index (χ0) is 24.8. The van der Waals surface area contributed by atoms with Crippen molar-refractivity contribution in [3.05, 3.63) is 87.1 Å². The summed E-state index contributed by atoms with van der Waals surface area (Å²) in [5.74, 6) is -0.150. The first kappa shape index (κ1) is 24.6. The van der Waals surface area contributed by atoms with Crippen LogP contribution in [0.1, 0.15) is 36.7 Å². The number of carbonyl (C=O) groups excluding carboxylic acids is 3. The van der Waals surface area contributed by atoms with Gasteiger partial charge in [-0.3, -0.25) is 19.3 Å². The van der Waals surface area contributed by atoms with Crippen LogP contribution in [-0.4, -0.2) is 60.2 Å². The van der Waals surface area contributed by atoms with Gasteiger partial charge in [-0.15, -0.1) is 11.3 Å². The van der Waals surface area contributed by atoms with Gasteiger partial charge in [-0.25, -0.2) is 0 Å². The first-order valence-corrected chi connectivity index (χ1v) is 12.6. The highest BCUT2D eigenvalue weighted by molar-refractivity contribution is 7.12. The molecule has 0 atom stereocenters. The summed E-state index contributed by atoms with van der Waals surface area (Å²) in [5, 5.41) is 7.79. The Bertz CT molecular complexity index is 1160. The van der Waals surface area contributed by atoms with Gasteiger partial charge in [0.25, 0.3) is 11.8 Å². The topological polar surface area (TPSA) is 81.8 Å². The van der Waals surface area contributed by atoms with E-state index in [1.54, 1.807) is 18.2 Å². The summed E-state index contributed by atoms with van der Waals surface area (Å²) in [6, 6.07) is 16.9. The van der Waals surface area contributed by atoms with E-state index < -0.39 is 0 Å². The van der Waals surface area contributed by atoms with Crippen molar-refractivity contribution in [3.8, 4) is 0 Å². The van der Waals surface area contributed by atoms with E-state index >= 15 is 0 Å². The molecular formula is C27H30N4O3S. The highest BCUT2D eigenvalue weighted by Crippen LogP contribution is 2.19. The minimum atomic E-state index is -0.0965. The molecule has 2 aromatic carbocycles. The molecule has 0 radical (unpaired) electrons. The molecule has 0 saturated carbocycles. The van der Waals surface area contributed by atoms with E-state index in [1.165, 1.54) is 11.3 Å². The molecule has 35 heavy (non-hydrogen) atoms. The van der Waals surface area contributed by atoms with E-state index in [9.17, 15) is 14.4 Å². The average molecular weight is 491 g/mol. The maximum atomic E-state index is 12.9. The summed E-state index contributed by atoms with van der Waals surface area (Å²) < 4.78 is 0. The fraction of sp³-hybridized carbons (Fsp3) is 0.296. The Morgan fingerprint density at radius 3 is 2.20 bits per heavy atom. The lowest BCUT2D eigenvalue weighted by Gasteiger charge is -2.34. The highest BCUT2D eigenvalue weighted by atomic mass is 32.1. The minimum Gasteiger partial charge on any atom is -0.347 e. The predicted octanol–water partition coefficient (Wildman–Crippen LogP) is 3.69. The number of para-hydroxylation sites is 1. The van der Waals surface area contributed by atoms with Crippen LogP contribution in [0.15, 0.2) is 60.0 Å². The summed E-state index contributed by atoms with van der Waals surface area (Å²) in [5.41, 5.74) is 4.53. The number of amides is 3.